The van der Waals surface area contributed by atoms with Gasteiger partial charge in [0.2, 0.25) is 5.91 Å². The zero-order valence-corrected chi connectivity index (χ0v) is 11.5. The Morgan fingerprint density at radius 2 is 2.21 bits per heavy atom. The second-order valence-electron chi connectivity index (χ2n) is 4.99. The van der Waals surface area contributed by atoms with Crippen LogP contribution in [0.25, 0.3) is 0 Å². The zero-order valence-electron chi connectivity index (χ0n) is 11.5. The molecule has 1 N–H and O–H groups in total. The fourth-order valence-corrected chi connectivity index (χ4v) is 2.35. The van der Waals surface area contributed by atoms with Crippen LogP contribution in [0, 0.1) is 11.2 Å². The van der Waals surface area contributed by atoms with E-state index in [1.807, 2.05) is 7.05 Å². The molecule has 0 heterocycles. The van der Waals surface area contributed by atoms with E-state index in [0.717, 1.165) is 12.8 Å². The van der Waals surface area contributed by atoms with Crippen molar-refractivity contribution in [3.05, 3.63) is 24.0 Å². The zero-order chi connectivity index (χ0) is 14.0. The molecular formula is C14H19FN2O2. The Morgan fingerprint density at radius 1 is 1.53 bits per heavy atom. The second-order valence-corrected chi connectivity index (χ2v) is 4.99. The summed E-state index contributed by atoms with van der Waals surface area (Å²) in [4.78, 5) is 14.0. The van der Waals surface area contributed by atoms with E-state index in [1.54, 1.807) is 7.05 Å². The highest BCUT2D eigenvalue weighted by molar-refractivity contribution is 6.00. The number of nitrogens with zero attached hydrogens (tertiary/aromatic N) is 1. The number of anilines is 1. The van der Waals surface area contributed by atoms with Crippen LogP contribution >= 0.6 is 0 Å². The van der Waals surface area contributed by atoms with Crippen LogP contribution in [0.3, 0.4) is 0 Å². The van der Waals surface area contributed by atoms with Crippen molar-refractivity contribution in [3.63, 3.8) is 0 Å². The van der Waals surface area contributed by atoms with Crippen LogP contribution in [-0.2, 0) is 4.79 Å². The number of amides is 1. The van der Waals surface area contributed by atoms with Gasteiger partial charge in [-0.25, -0.2) is 4.39 Å². The molecule has 1 aromatic carbocycles. The lowest BCUT2D eigenvalue weighted by Gasteiger charge is -2.25. The molecule has 19 heavy (non-hydrogen) atoms. The minimum atomic E-state index is -0.381. The predicted molar refractivity (Wildman–Crippen MR) is 72.0 cm³/mol. The van der Waals surface area contributed by atoms with Gasteiger partial charge in [-0.3, -0.25) is 4.79 Å². The van der Waals surface area contributed by atoms with E-state index in [-0.39, 0.29) is 17.1 Å². The van der Waals surface area contributed by atoms with Gasteiger partial charge in [0.1, 0.15) is 11.6 Å². The number of rotatable bonds is 5. The van der Waals surface area contributed by atoms with Gasteiger partial charge in [-0.15, -0.1) is 0 Å². The molecule has 0 saturated heterocycles. The highest BCUT2D eigenvalue weighted by Crippen LogP contribution is 2.47. The highest BCUT2D eigenvalue weighted by Gasteiger charge is 2.50. The summed E-state index contributed by atoms with van der Waals surface area (Å²) in [6.45, 7) is 0.647. The van der Waals surface area contributed by atoms with Crippen LogP contribution in [0.4, 0.5) is 10.1 Å². The third-order valence-corrected chi connectivity index (χ3v) is 3.63. The molecule has 1 fully saturated rings. The number of nitrogens with one attached hydrogen (secondary N) is 1. The Hall–Kier alpha value is -1.62. The average Bonchev–Trinajstić information content (AvgIpc) is 3.18. The predicted octanol–water partition coefficient (Wildman–Crippen LogP) is 1.80. The molecule has 1 aliphatic rings. The summed E-state index contributed by atoms with van der Waals surface area (Å²) < 4.78 is 18.6. The first-order chi connectivity index (χ1) is 9.04. The molecule has 0 bridgehead atoms. The maximum Gasteiger partial charge on any atom is 0.234 e. The van der Waals surface area contributed by atoms with E-state index >= 15 is 0 Å². The fourth-order valence-electron chi connectivity index (χ4n) is 2.35. The van der Waals surface area contributed by atoms with Gasteiger partial charge in [0, 0.05) is 19.7 Å². The van der Waals surface area contributed by atoms with Crippen molar-refractivity contribution < 1.29 is 13.9 Å². The third kappa shape index (κ3) is 2.56. The van der Waals surface area contributed by atoms with E-state index in [9.17, 15) is 9.18 Å². The van der Waals surface area contributed by atoms with Gasteiger partial charge in [-0.05, 0) is 32.0 Å². The molecule has 0 radical (unpaired) electrons. The van der Waals surface area contributed by atoms with Crippen LogP contribution < -0.4 is 15.0 Å². The summed E-state index contributed by atoms with van der Waals surface area (Å²) >= 11 is 0. The Bertz CT molecular complexity index is 486. The van der Waals surface area contributed by atoms with E-state index in [0.29, 0.717) is 18.0 Å². The minimum Gasteiger partial charge on any atom is -0.495 e. The van der Waals surface area contributed by atoms with Crippen LogP contribution in [0.5, 0.6) is 5.75 Å². The van der Waals surface area contributed by atoms with Gasteiger partial charge in [0.15, 0.2) is 0 Å². The molecule has 0 unspecified atom stereocenters. The largest absolute Gasteiger partial charge is 0.495 e. The number of ether oxygens (including phenoxy) is 1. The molecule has 4 nitrogen and oxygen atoms in total. The third-order valence-electron chi connectivity index (χ3n) is 3.63. The minimum absolute atomic E-state index is 0.00532. The van der Waals surface area contributed by atoms with Crippen molar-refractivity contribution in [2.24, 2.45) is 5.41 Å². The number of halogens is 1. The highest BCUT2D eigenvalue weighted by atomic mass is 19.1. The van der Waals surface area contributed by atoms with Crippen LogP contribution in [0.1, 0.15) is 12.8 Å². The first-order valence-corrected chi connectivity index (χ1v) is 6.30. The number of carbonyl (C=O) groups excluding carboxylic acids is 1. The van der Waals surface area contributed by atoms with Gasteiger partial charge in [-0.1, -0.05) is 0 Å². The molecule has 104 valence electrons. The summed E-state index contributed by atoms with van der Waals surface area (Å²) in [6.07, 6.45) is 1.74. The van der Waals surface area contributed by atoms with Gasteiger partial charge >= 0.3 is 0 Å². The van der Waals surface area contributed by atoms with E-state index in [1.165, 1.54) is 30.2 Å². The first kappa shape index (κ1) is 13.8. The molecule has 1 aromatic rings. The van der Waals surface area contributed by atoms with Gasteiger partial charge in [0.05, 0.1) is 18.2 Å². The van der Waals surface area contributed by atoms with Gasteiger partial charge in [0.25, 0.3) is 0 Å². The fraction of sp³-hybridized carbons (Fsp3) is 0.500. The Morgan fingerprint density at radius 3 is 2.74 bits per heavy atom. The van der Waals surface area contributed by atoms with E-state index < -0.39 is 0 Å². The lowest BCUT2D eigenvalue weighted by atomic mass is 10.1. The molecule has 1 saturated carbocycles. The second kappa shape index (κ2) is 5.17. The number of carbonyl (C=O) groups is 1. The Balaban J connectivity index is 2.26. The van der Waals surface area contributed by atoms with Crippen LogP contribution in [-0.4, -0.2) is 33.7 Å². The van der Waals surface area contributed by atoms with Gasteiger partial charge < -0.3 is 15.0 Å². The smallest absolute Gasteiger partial charge is 0.234 e. The van der Waals surface area contributed by atoms with Crippen molar-refractivity contribution in [2.75, 3.05) is 32.6 Å². The average molecular weight is 266 g/mol. The lowest BCUT2D eigenvalue weighted by molar-refractivity contribution is -0.123. The molecule has 2 rings (SSSR count). The van der Waals surface area contributed by atoms with Crippen molar-refractivity contribution in [3.8, 4) is 5.75 Å². The standard InChI is InChI=1S/C14H19FN2O2/c1-16-9-14(6-7-14)13(18)17(2)11-8-10(15)4-5-12(11)19-3/h4-5,8,16H,6-7,9H2,1-3H3. The summed E-state index contributed by atoms with van der Waals surface area (Å²) in [5, 5.41) is 3.04. The molecular weight excluding hydrogens is 247 g/mol. The van der Waals surface area contributed by atoms with Crippen molar-refractivity contribution in [1.82, 2.24) is 5.32 Å². The normalized spacial score (nSPS) is 16.0. The summed E-state index contributed by atoms with van der Waals surface area (Å²) in [7, 11) is 5.00. The molecule has 1 aliphatic carbocycles. The van der Waals surface area contributed by atoms with Crippen molar-refractivity contribution in [2.45, 2.75) is 12.8 Å². The molecule has 5 heteroatoms. The monoisotopic (exact) mass is 266 g/mol. The van der Waals surface area contributed by atoms with Crippen molar-refractivity contribution in [1.29, 1.82) is 0 Å². The van der Waals surface area contributed by atoms with Crippen LogP contribution in [0.15, 0.2) is 18.2 Å². The maximum absolute atomic E-state index is 13.4. The van der Waals surface area contributed by atoms with Crippen LogP contribution in [0.2, 0.25) is 0 Å². The number of benzene rings is 1. The molecule has 0 atom stereocenters. The topological polar surface area (TPSA) is 41.6 Å². The van der Waals surface area contributed by atoms with E-state index in [2.05, 4.69) is 5.32 Å². The Labute approximate surface area is 112 Å². The number of hydrogen-bond donors (Lipinski definition) is 1. The van der Waals surface area contributed by atoms with E-state index in [4.69, 9.17) is 4.74 Å². The lowest BCUT2D eigenvalue weighted by Crippen LogP contribution is -2.39. The van der Waals surface area contributed by atoms with Crippen molar-refractivity contribution >= 4 is 11.6 Å². The molecule has 0 aliphatic heterocycles. The number of methoxy groups -OCH3 is 1. The summed E-state index contributed by atoms with van der Waals surface area (Å²) in [5.41, 5.74) is 0.135. The quantitative estimate of drug-likeness (QED) is 0.883. The maximum atomic E-state index is 13.4. The molecule has 0 aromatic heterocycles. The summed E-state index contributed by atoms with van der Waals surface area (Å²) in [5.74, 6) is 0.122. The molecule has 0 spiro atoms. The SMILES string of the molecule is CNCC1(C(=O)N(C)c2cc(F)ccc2OC)CC1. The Kier molecular flexibility index (Phi) is 3.75. The number of hydrogen-bond acceptors (Lipinski definition) is 3. The first-order valence-electron chi connectivity index (χ1n) is 6.30. The van der Waals surface area contributed by atoms with Gasteiger partial charge in [-0.2, -0.15) is 0 Å². The molecule has 1 amide bonds. The summed E-state index contributed by atoms with van der Waals surface area (Å²) in [6, 6.07) is 4.18.